The first-order chi connectivity index (χ1) is 8.81. The van der Waals surface area contributed by atoms with Crippen molar-refractivity contribution in [2.45, 2.75) is 26.2 Å². The van der Waals surface area contributed by atoms with Gasteiger partial charge in [-0.05, 0) is 25.5 Å². The third-order valence-corrected chi connectivity index (χ3v) is 3.33. The first-order valence-electron chi connectivity index (χ1n) is 6.87. The summed E-state index contributed by atoms with van der Waals surface area (Å²) in [5, 5.41) is 0. The van der Waals surface area contributed by atoms with Crippen LogP contribution in [0.1, 0.15) is 26.2 Å². The van der Waals surface area contributed by atoms with Crippen LogP contribution in [0, 0.1) is 0 Å². The zero-order chi connectivity index (χ0) is 13.2. The molecule has 1 fully saturated rings. The SMILES string of the molecule is C=C/C(=C\C/C=C\F)N1CCN(CCCC)CC1. The van der Waals surface area contributed by atoms with Crippen molar-refractivity contribution in [2.24, 2.45) is 0 Å². The quantitative estimate of drug-likeness (QED) is 0.641. The second kappa shape index (κ2) is 8.92. The average Bonchev–Trinajstić information content (AvgIpc) is 2.42. The molecule has 0 radical (unpaired) electrons. The molecule has 0 spiro atoms. The van der Waals surface area contributed by atoms with E-state index in [4.69, 9.17) is 0 Å². The summed E-state index contributed by atoms with van der Waals surface area (Å²) in [6, 6.07) is 0. The highest BCUT2D eigenvalue weighted by Crippen LogP contribution is 2.12. The lowest BCUT2D eigenvalue weighted by atomic mass is 10.2. The van der Waals surface area contributed by atoms with Crippen molar-refractivity contribution in [3.63, 3.8) is 0 Å². The minimum Gasteiger partial charge on any atom is -0.369 e. The average molecular weight is 252 g/mol. The second-order valence-corrected chi connectivity index (χ2v) is 4.61. The first-order valence-corrected chi connectivity index (χ1v) is 6.87. The fourth-order valence-electron chi connectivity index (χ4n) is 2.19. The molecule has 102 valence electrons. The molecule has 1 rings (SSSR count). The topological polar surface area (TPSA) is 6.48 Å². The Balaban J connectivity index is 2.39. The highest BCUT2D eigenvalue weighted by Gasteiger charge is 2.16. The maximum atomic E-state index is 11.9. The Morgan fingerprint density at radius 1 is 1.28 bits per heavy atom. The summed E-state index contributed by atoms with van der Waals surface area (Å²) in [6.07, 6.45) is 9.19. The monoisotopic (exact) mass is 252 g/mol. The Kier molecular flexibility index (Phi) is 7.42. The van der Waals surface area contributed by atoms with Gasteiger partial charge in [0.1, 0.15) is 0 Å². The first kappa shape index (κ1) is 15.0. The van der Waals surface area contributed by atoms with E-state index in [9.17, 15) is 4.39 Å². The normalized spacial score (nSPS) is 18.6. The van der Waals surface area contributed by atoms with Crippen molar-refractivity contribution >= 4 is 0 Å². The largest absolute Gasteiger partial charge is 0.369 e. The van der Waals surface area contributed by atoms with Crippen molar-refractivity contribution in [3.8, 4) is 0 Å². The van der Waals surface area contributed by atoms with Crippen LogP contribution in [-0.4, -0.2) is 42.5 Å². The zero-order valence-corrected chi connectivity index (χ0v) is 11.4. The van der Waals surface area contributed by atoms with Gasteiger partial charge in [0.2, 0.25) is 0 Å². The number of nitrogens with zero attached hydrogens (tertiary/aromatic N) is 2. The molecule has 0 N–H and O–H groups in total. The van der Waals surface area contributed by atoms with Crippen LogP contribution in [0.25, 0.3) is 0 Å². The molecule has 0 atom stereocenters. The molecule has 0 bridgehead atoms. The maximum absolute atomic E-state index is 11.9. The molecule has 3 heteroatoms. The number of halogens is 1. The van der Waals surface area contributed by atoms with Crippen LogP contribution in [0.15, 0.2) is 36.8 Å². The van der Waals surface area contributed by atoms with E-state index in [0.717, 1.165) is 31.9 Å². The molecule has 0 saturated carbocycles. The lowest BCUT2D eigenvalue weighted by molar-refractivity contribution is 0.160. The number of unbranched alkanes of at least 4 members (excludes halogenated alkanes) is 1. The van der Waals surface area contributed by atoms with Crippen LogP contribution in [0.5, 0.6) is 0 Å². The lowest BCUT2D eigenvalue weighted by Crippen LogP contribution is -2.45. The lowest BCUT2D eigenvalue weighted by Gasteiger charge is -2.36. The van der Waals surface area contributed by atoms with Crippen LogP contribution in [-0.2, 0) is 0 Å². The van der Waals surface area contributed by atoms with Crippen molar-refractivity contribution in [2.75, 3.05) is 32.7 Å². The van der Waals surface area contributed by atoms with Crippen molar-refractivity contribution in [3.05, 3.63) is 36.8 Å². The van der Waals surface area contributed by atoms with E-state index in [1.807, 2.05) is 12.2 Å². The third kappa shape index (κ3) is 5.05. The summed E-state index contributed by atoms with van der Waals surface area (Å²) in [5.74, 6) is 0. The number of allylic oxidation sites excluding steroid dienone is 3. The smallest absolute Gasteiger partial charge is 0.0830 e. The molecule has 1 saturated heterocycles. The predicted octanol–water partition coefficient (Wildman–Crippen LogP) is 3.35. The van der Waals surface area contributed by atoms with Gasteiger partial charge in [-0.1, -0.05) is 32.1 Å². The molecule has 1 heterocycles. The van der Waals surface area contributed by atoms with Crippen molar-refractivity contribution in [1.29, 1.82) is 0 Å². The summed E-state index contributed by atoms with van der Waals surface area (Å²) < 4.78 is 11.9. The molecule has 0 aromatic rings. The van der Waals surface area contributed by atoms with Crippen molar-refractivity contribution < 1.29 is 4.39 Å². The molecule has 0 unspecified atom stereocenters. The van der Waals surface area contributed by atoms with E-state index >= 15 is 0 Å². The van der Waals surface area contributed by atoms with Crippen molar-refractivity contribution in [1.82, 2.24) is 9.80 Å². The van der Waals surface area contributed by atoms with Gasteiger partial charge in [0, 0.05) is 31.9 Å². The number of hydrogen-bond donors (Lipinski definition) is 0. The van der Waals surface area contributed by atoms with Gasteiger partial charge in [0.15, 0.2) is 0 Å². The molecule has 0 aromatic heterocycles. The molecule has 18 heavy (non-hydrogen) atoms. The van der Waals surface area contributed by atoms with Gasteiger partial charge in [-0.2, -0.15) is 0 Å². The molecular formula is C15H25FN2. The van der Waals surface area contributed by atoms with Gasteiger partial charge in [-0.25, -0.2) is 4.39 Å². The second-order valence-electron chi connectivity index (χ2n) is 4.61. The summed E-state index contributed by atoms with van der Waals surface area (Å²) in [4.78, 5) is 4.85. The van der Waals surface area contributed by atoms with E-state index in [1.165, 1.54) is 25.5 Å². The summed E-state index contributed by atoms with van der Waals surface area (Å²) in [5.41, 5.74) is 1.13. The van der Waals surface area contributed by atoms with Gasteiger partial charge >= 0.3 is 0 Å². The Bertz CT molecular complexity index is 289. The molecule has 0 aliphatic carbocycles. The molecule has 0 amide bonds. The predicted molar refractivity (Wildman–Crippen MR) is 76.1 cm³/mol. The van der Waals surface area contributed by atoms with Gasteiger partial charge in [0.25, 0.3) is 0 Å². The highest BCUT2D eigenvalue weighted by atomic mass is 19.1. The fourth-order valence-corrected chi connectivity index (χ4v) is 2.19. The van der Waals surface area contributed by atoms with Gasteiger partial charge in [0.05, 0.1) is 6.33 Å². The Morgan fingerprint density at radius 2 is 2.00 bits per heavy atom. The van der Waals surface area contributed by atoms with Crippen LogP contribution in [0.2, 0.25) is 0 Å². The van der Waals surface area contributed by atoms with E-state index in [0.29, 0.717) is 12.8 Å². The molecule has 1 aliphatic rings. The van der Waals surface area contributed by atoms with E-state index in [-0.39, 0.29) is 0 Å². The zero-order valence-electron chi connectivity index (χ0n) is 11.4. The van der Waals surface area contributed by atoms with Crippen LogP contribution in [0.3, 0.4) is 0 Å². The maximum Gasteiger partial charge on any atom is 0.0830 e. The van der Waals surface area contributed by atoms with E-state index in [1.54, 1.807) is 0 Å². The summed E-state index contributed by atoms with van der Waals surface area (Å²) in [6.45, 7) is 11.6. The van der Waals surface area contributed by atoms with Crippen LogP contribution in [0.4, 0.5) is 4.39 Å². The highest BCUT2D eigenvalue weighted by molar-refractivity contribution is 5.16. The molecule has 0 aromatic carbocycles. The van der Waals surface area contributed by atoms with Crippen LogP contribution < -0.4 is 0 Å². The molecule has 2 nitrogen and oxygen atoms in total. The standard InChI is InChI=1S/C15H25FN2/c1-3-5-10-17-11-13-18(14-12-17)15(4-2)8-6-7-9-16/h4,7-9H,2-3,5-6,10-14H2,1H3/b9-7-,15-8+. The minimum atomic E-state index is 0.597. The molecular weight excluding hydrogens is 227 g/mol. The third-order valence-electron chi connectivity index (χ3n) is 3.33. The summed E-state index contributed by atoms with van der Waals surface area (Å²) in [7, 11) is 0. The van der Waals surface area contributed by atoms with Crippen LogP contribution >= 0.6 is 0 Å². The van der Waals surface area contributed by atoms with Gasteiger partial charge in [-0.15, -0.1) is 0 Å². The van der Waals surface area contributed by atoms with E-state index in [2.05, 4.69) is 23.3 Å². The van der Waals surface area contributed by atoms with Gasteiger partial charge in [-0.3, -0.25) is 4.90 Å². The minimum absolute atomic E-state index is 0.597. The summed E-state index contributed by atoms with van der Waals surface area (Å²) >= 11 is 0. The van der Waals surface area contributed by atoms with Gasteiger partial charge < -0.3 is 4.90 Å². The Labute approximate surface area is 110 Å². The number of hydrogen-bond acceptors (Lipinski definition) is 2. The molecule has 1 aliphatic heterocycles. The Morgan fingerprint density at radius 3 is 2.56 bits per heavy atom. The Hall–Kier alpha value is -1.09. The number of piperazine rings is 1. The number of rotatable bonds is 7. The fraction of sp³-hybridized carbons (Fsp3) is 0.600. The van der Waals surface area contributed by atoms with E-state index < -0.39 is 0 Å².